The summed E-state index contributed by atoms with van der Waals surface area (Å²) in [4.78, 5) is 11.8. The lowest BCUT2D eigenvalue weighted by atomic mass is 10.0. The number of rotatable bonds is 5. The van der Waals surface area contributed by atoms with E-state index in [1.165, 1.54) is 0 Å². The van der Waals surface area contributed by atoms with Crippen molar-refractivity contribution in [3.05, 3.63) is 34.3 Å². The lowest BCUT2D eigenvalue weighted by molar-refractivity contribution is 0.0979. The van der Waals surface area contributed by atoms with Crippen LogP contribution in [0.3, 0.4) is 0 Å². The molecule has 3 heteroatoms. The zero-order valence-electron chi connectivity index (χ0n) is 9.79. The number of ketones is 1. The summed E-state index contributed by atoms with van der Waals surface area (Å²) in [6, 6.07) is 5.61. The number of hydrogen-bond acceptors (Lipinski definition) is 2. The zero-order valence-corrected chi connectivity index (χ0v) is 10.6. The molecule has 0 aliphatic rings. The predicted molar refractivity (Wildman–Crippen MR) is 68.0 cm³/mol. The first-order chi connectivity index (χ1) is 7.50. The van der Waals surface area contributed by atoms with E-state index in [4.69, 9.17) is 17.3 Å². The van der Waals surface area contributed by atoms with Gasteiger partial charge in [-0.25, -0.2) is 0 Å². The molecule has 1 atom stereocenters. The van der Waals surface area contributed by atoms with Crippen LogP contribution in [0.4, 0.5) is 0 Å². The Balaban J connectivity index is 2.56. The number of benzene rings is 1. The Hall–Kier alpha value is -0.860. The highest BCUT2D eigenvalue weighted by atomic mass is 35.5. The van der Waals surface area contributed by atoms with Crippen molar-refractivity contribution in [2.75, 3.05) is 0 Å². The van der Waals surface area contributed by atoms with E-state index in [1.54, 1.807) is 6.07 Å². The molecule has 2 nitrogen and oxygen atoms in total. The summed E-state index contributed by atoms with van der Waals surface area (Å²) >= 11 is 5.97. The number of Topliss-reactive ketones (excluding diaryl/α,β-unsaturated/α-hetero) is 1. The third kappa shape index (κ3) is 3.95. The molecule has 0 aromatic heterocycles. The summed E-state index contributed by atoms with van der Waals surface area (Å²) in [6.07, 6.45) is 2.26. The van der Waals surface area contributed by atoms with Crippen molar-refractivity contribution in [1.82, 2.24) is 0 Å². The van der Waals surface area contributed by atoms with Crippen LogP contribution in [-0.4, -0.2) is 11.8 Å². The zero-order chi connectivity index (χ0) is 12.1. The minimum absolute atomic E-state index is 0.141. The first-order valence-corrected chi connectivity index (χ1v) is 5.93. The van der Waals surface area contributed by atoms with Gasteiger partial charge in [0, 0.05) is 23.0 Å². The fourth-order valence-corrected chi connectivity index (χ4v) is 1.68. The third-order valence-electron chi connectivity index (χ3n) is 2.56. The number of halogens is 1. The van der Waals surface area contributed by atoms with Gasteiger partial charge in [-0.1, -0.05) is 23.7 Å². The highest BCUT2D eigenvalue weighted by Gasteiger charge is 2.07. The van der Waals surface area contributed by atoms with Crippen LogP contribution in [0.2, 0.25) is 5.02 Å². The van der Waals surface area contributed by atoms with Gasteiger partial charge in [0.2, 0.25) is 0 Å². The van der Waals surface area contributed by atoms with Gasteiger partial charge in [0.15, 0.2) is 5.78 Å². The molecule has 0 saturated heterocycles. The number of carbonyl (C=O) groups is 1. The van der Waals surface area contributed by atoms with E-state index >= 15 is 0 Å². The van der Waals surface area contributed by atoms with E-state index in [0.29, 0.717) is 17.0 Å². The molecule has 2 N–H and O–H groups in total. The molecular formula is C13H18ClNO. The molecule has 0 amide bonds. The minimum atomic E-state index is 0.141. The molecule has 0 bridgehead atoms. The second-order valence-electron chi connectivity index (χ2n) is 4.26. The standard InChI is InChI=1S/C13H18ClNO/c1-9-6-7-11(8-12(9)14)13(16)5-3-4-10(2)15/h6-8,10H,3-5,15H2,1-2H3. The van der Waals surface area contributed by atoms with Gasteiger partial charge < -0.3 is 5.73 Å². The lowest BCUT2D eigenvalue weighted by Crippen LogP contribution is -2.14. The van der Waals surface area contributed by atoms with Crippen molar-refractivity contribution < 1.29 is 4.79 Å². The van der Waals surface area contributed by atoms with Gasteiger partial charge in [0.05, 0.1) is 0 Å². The second kappa shape index (κ2) is 6.02. The normalized spacial score (nSPS) is 12.5. The largest absolute Gasteiger partial charge is 0.328 e. The number of nitrogens with two attached hydrogens (primary N) is 1. The smallest absolute Gasteiger partial charge is 0.162 e. The highest BCUT2D eigenvalue weighted by molar-refractivity contribution is 6.31. The molecule has 1 rings (SSSR count). The van der Waals surface area contributed by atoms with E-state index < -0.39 is 0 Å². The van der Waals surface area contributed by atoms with E-state index in [9.17, 15) is 4.79 Å². The first kappa shape index (κ1) is 13.2. The fourth-order valence-electron chi connectivity index (χ4n) is 1.50. The Labute approximate surface area is 102 Å². The molecule has 0 spiro atoms. The summed E-state index contributed by atoms with van der Waals surface area (Å²) in [5, 5.41) is 0.651. The predicted octanol–water partition coefficient (Wildman–Crippen LogP) is 3.35. The van der Waals surface area contributed by atoms with Crippen molar-refractivity contribution >= 4 is 17.4 Å². The molecule has 1 aromatic rings. The van der Waals surface area contributed by atoms with E-state index in [1.807, 2.05) is 26.0 Å². The number of hydrogen-bond donors (Lipinski definition) is 1. The molecule has 0 saturated carbocycles. The minimum Gasteiger partial charge on any atom is -0.328 e. The van der Waals surface area contributed by atoms with Crippen LogP contribution >= 0.6 is 11.6 Å². The number of aryl methyl sites for hydroxylation is 1. The summed E-state index contributed by atoms with van der Waals surface area (Å²) < 4.78 is 0. The third-order valence-corrected chi connectivity index (χ3v) is 2.96. The van der Waals surface area contributed by atoms with Crippen molar-refractivity contribution in [3.8, 4) is 0 Å². The van der Waals surface area contributed by atoms with E-state index in [2.05, 4.69) is 0 Å². The topological polar surface area (TPSA) is 43.1 Å². The van der Waals surface area contributed by atoms with Crippen molar-refractivity contribution in [3.63, 3.8) is 0 Å². The summed E-state index contributed by atoms with van der Waals surface area (Å²) in [7, 11) is 0. The van der Waals surface area contributed by atoms with Crippen LogP contribution in [0, 0.1) is 6.92 Å². The molecule has 88 valence electrons. The van der Waals surface area contributed by atoms with Crippen LogP contribution in [0.1, 0.15) is 42.1 Å². The molecule has 16 heavy (non-hydrogen) atoms. The van der Waals surface area contributed by atoms with Gasteiger partial charge in [-0.15, -0.1) is 0 Å². The Kier molecular flexibility index (Phi) is 4.97. The molecule has 0 radical (unpaired) electrons. The van der Waals surface area contributed by atoms with Gasteiger partial charge in [-0.3, -0.25) is 4.79 Å². The summed E-state index contributed by atoms with van der Waals surface area (Å²) in [5.41, 5.74) is 7.32. The summed E-state index contributed by atoms with van der Waals surface area (Å²) in [6.45, 7) is 3.87. The Bertz CT molecular complexity index is 374. The van der Waals surface area contributed by atoms with E-state index in [-0.39, 0.29) is 11.8 Å². The molecule has 0 aliphatic carbocycles. The quantitative estimate of drug-likeness (QED) is 0.801. The van der Waals surface area contributed by atoms with Crippen LogP contribution < -0.4 is 5.73 Å². The maximum Gasteiger partial charge on any atom is 0.162 e. The van der Waals surface area contributed by atoms with Crippen molar-refractivity contribution in [1.29, 1.82) is 0 Å². The first-order valence-electron chi connectivity index (χ1n) is 5.55. The van der Waals surface area contributed by atoms with Crippen molar-refractivity contribution in [2.24, 2.45) is 5.73 Å². The molecule has 1 aromatic carbocycles. The second-order valence-corrected chi connectivity index (χ2v) is 4.66. The fraction of sp³-hybridized carbons (Fsp3) is 0.462. The van der Waals surface area contributed by atoms with Gasteiger partial charge in [0.25, 0.3) is 0 Å². The Morgan fingerprint density at radius 1 is 1.50 bits per heavy atom. The Morgan fingerprint density at radius 2 is 2.19 bits per heavy atom. The SMILES string of the molecule is Cc1ccc(C(=O)CCCC(C)N)cc1Cl. The average molecular weight is 240 g/mol. The van der Waals surface area contributed by atoms with Gasteiger partial charge in [0.1, 0.15) is 0 Å². The molecular weight excluding hydrogens is 222 g/mol. The monoisotopic (exact) mass is 239 g/mol. The lowest BCUT2D eigenvalue weighted by Gasteiger charge is -2.05. The maximum absolute atomic E-state index is 11.8. The maximum atomic E-state index is 11.8. The van der Waals surface area contributed by atoms with E-state index in [0.717, 1.165) is 18.4 Å². The van der Waals surface area contributed by atoms with Crippen LogP contribution in [-0.2, 0) is 0 Å². The van der Waals surface area contributed by atoms with Gasteiger partial charge in [-0.05, 0) is 38.3 Å². The van der Waals surface area contributed by atoms with Crippen LogP contribution in [0.5, 0.6) is 0 Å². The molecule has 1 unspecified atom stereocenters. The number of carbonyl (C=O) groups excluding carboxylic acids is 1. The Morgan fingerprint density at radius 3 is 2.75 bits per heavy atom. The van der Waals surface area contributed by atoms with Gasteiger partial charge in [-0.2, -0.15) is 0 Å². The highest BCUT2D eigenvalue weighted by Crippen LogP contribution is 2.18. The van der Waals surface area contributed by atoms with Gasteiger partial charge >= 0.3 is 0 Å². The molecule has 0 fully saturated rings. The molecule has 0 aliphatic heterocycles. The average Bonchev–Trinajstić information content (AvgIpc) is 2.21. The van der Waals surface area contributed by atoms with Crippen molar-refractivity contribution in [2.45, 2.75) is 39.2 Å². The van der Waals surface area contributed by atoms with Crippen LogP contribution in [0.15, 0.2) is 18.2 Å². The van der Waals surface area contributed by atoms with Crippen LogP contribution in [0.25, 0.3) is 0 Å². The molecule has 0 heterocycles. The summed E-state index contributed by atoms with van der Waals surface area (Å²) in [5.74, 6) is 0.141.